The first-order valence-electron chi connectivity index (χ1n) is 6.78. The summed E-state index contributed by atoms with van der Waals surface area (Å²) in [5, 5.41) is 3.01. The smallest absolute Gasteiger partial charge is 0.161 e. The third-order valence-electron chi connectivity index (χ3n) is 3.95. The molecule has 1 aliphatic carbocycles. The van der Waals surface area contributed by atoms with Gasteiger partial charge in [-0.25, -0.2) is 13.2 Å². The average Bonchev–Trinajstić information content (AvgIpc) is 2.48. The number of benzene rings is 1. The normalized spacial score (nSPS) is 22.9. The minimum absolute atomic E-state index is 0.0589. The second-order valence-electron chi connectivity index (χ2n) is 6.18. The lowest BCUT2D eigenvalue weighted by molar-refractivity contribution is 0.313. The third kappa shape index (κ3) is 3.64. The Labute approximate surface area is 112 Å². The summed E-state index contributed by atoms with van der Waals surface area (Å²) >= 11 is 0. The van der Waals surface area contributed by atoms with Crippen LogP contribution in [0.4, 0.5) is 18.9 Å². The van der Waals surface area contributed by atoms with Gasteiger partial charge in [-0.2, -0.15) is 0 Å². The molecule has 0 radical (unpaired) electrons. The first kappa shape index (κ1) is 14.2. The van der Waals surface area contributed by atoms with Gasteiger partial charge in [-0.3, -0.25) is 0 Å². The van der Waals surface area contributed by atoms with Crippen molar-refractivity contribution in [3.63, 3.8) is 0 Å². The molecule has 1 fully saturated rings. The Morgan fingerprint density at radius 2 is 1.68 bits per heavy atom. The van der Waals surface area contributed by atoms with Crippen LogP contribution < -0.4 is 5.32 Å². The van der Waals surface area contributed by atoms with Gasteiger partial charge in [-0.1, -0.05) is 20.3 Å². The highest BCUT2D eigenvalue weighted by molar-refractivity contribution is 5.46. The van der Waals surface area contributed by atoms with Gasteiger partial charge < -0.3 is 5.32 Å². The van der Waals surface area contributed by atoms with Crippen LogP contribution in [0.2, 0.25) is 0 Å². The van der Waals surface area contributed by atoms with Crippen molar-refractivity contribution in [2.45, 2.75) is 52.0 Å². The van der Waals surface area contributed by atoms with E-state index >= 15 is 0 Å². The predicted molar refractivity (Wildman–Crippen MR) is 70.6 cm³/mol. The second-order valence-corrected chi connectivity index (χ2v) is 6.18. The predicted octanol–water partition coefficient (Wildman–Crippen LogP) is 4.87. The molecule has 0 aliphatic heterocycles. The summed E-state index contributed by atoms with van der Waals surface area (Å²) in [6, 6.07) is 1.63. The molecule has 1 unspecified atom stereocenters. The minimum Gasteiger partial charge on any atom is -0.380 e. The summed E-state index contributed by atoms with van der Waals surface area (Å²) in [5.41, 5.74) is 0.367. The molecule has 1 saturated carbocycles. The van der Waals surface area contributed by atoms with Gasteiger partial charge in [0.25, 0.3) is 0 Å². The van der Waals surface area contributed by atoms with Gasteiger partial charge in [0.2, 0.25) is 0 Å². The SMILES string of the molecule is CC1(C)CCCC(Nc2cc(F)c(F)cc2F)CC1. The van der Waals surface area contributed by atoms with Crippen LogP contribution >= 0.6 is 0 Å². The monoisotopic (exact) mass is 271 g/mol. The zero-order valence-corrected chi connectivity index (χ0v) is 11.4. The zero-order chi connectivity index (χ0) is 14.0. The van der Waals surface area contributed by atoms with E-state index in [2.05, 4.69) is 19.2 Å². The molecule has 0 spiro atoms. The van der Waals surface area contributed by atoms with Gasteiger partial charge in [0.05, 0.1) is 5.69 Å². The molecular formula is C15H20F3N. The van der Waals surface area contributed by atoms with Crippen molar-refractivity contribution >= 4 is 5.69 Å². The van der Waals surface area contributed by atoms with Crippen molar-refractivity contribution < 1.29 is 13.2 Å². The maximum atomic E-state index is 13.6. The molecular weight excluding hydrogens is 251 g/mol. The third-order valence-corrected chi connectivity index (χ3v) is 3.95. The Morgan fingerprint density at radius 3 is 2.42 bits per heavy atom. The molecule has 1 N–H and O–H groups in total. The molecule has 1 aromatic carbocycles. The van der Waals surface area contributed by atoms with E-state index in [1.54, 1.807) is 0 Å². The second kappa shape index (κ2) is 5.43. The van der Waals surface area contributed by atoms with Gasteiger partial charge in [0.1, 0.15) is 5.82 Å². The summed E-state index contributed by atoms with van der Waals surface area (Å²) in [5.74, 6) is -2.90. The minimum atomic E-state index is -1.15. The highest BCUT2D eigenvalue weighted by atomic mass is 19.2. The van der Waals surface area contributed by atoms with Crippen molar-refractivity contribution in [2.75, 3.05) is 5.32 Å². The Morgan fingerprint density at radius 1 is 1.00 bits per heavy atom. The van der Waals surface area contributed by atoms with Gasteiger partial charge in [0, 0.05) is 18.2 Å². The maximum absolute atomic E-state index is 13.6. The molecule has 1 aliphatic rings. The van der Waals surface area contributed by atoms with Crippen LogP contribution in [0.15, 0.2) is 12.1 Å². The summed E-state index contributed by atoms with van der Waals surface area (Å²) < 4.78 is 39.6. The fourth-order valence-electron chi connectivity index (χ4n) is 2.66. The number of halogens is 3. The van der Waals surface area contributed by atoms with E-state index in [4.69, 9.17) is 0 Å². The number of hydrogen-bond donors (Lipinski definition) is 1. The molecule has 0 bridgehead atoms. The molecule has 0 heterocycles. The summed E-state index contributed by atoms with van der Waals surface area (Å²) in [7, 11) is 0. The Hall–Kier alpha value is -1.19. The molecule has 106 valence electrons. The standard InChI is InChI=1S/C15H20F3N/c1-15(2)6-3-4-10(5-7-15)19-14-9-12(17)11(16)8-13(14)18/h8-10,19H,3-7H2,1-2H3. The van der Waals surface area contributed by atoms with Crippen LogP contribution in [0.25, 0.3) is 0 Å². The summed E-state index contributed by atoms with van der Waals surface area (Å²) in [6.45, 7) is 4.46. The van der Waals surface area contributed by atoms with E-state index in [1.165, 1.54) is 0 Å². The van der Waals surface area contributed by atoms with E-state index < -0.39 is 17.5 Å². The average molecular weight is 271 g/mol. The molecule has 1 aromatic rings. The number of hydrogen-bond acceptors (Lipinski definition) is 1. The largest absolute Gasteiger partial charge is 0.380 e. The van der Waals surface area contributed by atoms with Crippen LogP contribution in [0.1, 0.15) is 46.0 Å². The molecule has 1 atom stereocenters. The lowest BCUT2D eigenvalue weighted by atomic mass is 9.85. The van der Waals surface area contributed by atoms with E-state index in [-0.39, 0.29) is 11.7 Å². The van der Waals surface area contributed by atoms with Gasteiger partial charge in [-0.15, -0.1) is 0 Å². The Balaban J connectivity index is 2.07. The molecule has 2 rings (SSSR count). The highest BCUT2D eigenvalue weighted by Crippen LogP contribution is 2.35. The van der Waals surface area contributed by atoms with Crippen molar-refractivity contribution in [2.24, 2.45) is 5.41 Å². The van der Waals surface area contributed by atoms with E-state index in [0.29, 0.717) is 11.5 Å². The van der Waals surface area contributed by atoms with Crippen molar-refractivity contribution in [3.8, 4) is 0 Å². The van der Waals surface area contributed by atoms with E-state index in [9.17, 15) is 13.2 Å². The van der Waals surface area contributed by atoms with Crippen molar-refractivity contribution in [1.29, 1.82) is 0 Å². The first-order chi connectivity index (χ1) is 8.87. The molecule has 4 heteroatoms. The summed E-state index contributed by atoms with van der Waals surface area (Å²) in [4.78, 5) is 0. The topological polar surface area (TPSA) is 12.0 Å². The molecule has 1 nitrogen and oxygen atoms in total. The van der Waals surface area contributed by atoms with Crippen molar-refractivity contribution in [3.05, 3.63) is 29.6 Å². The number of nitrogens with one attached hydrogen (secondary N) is 1. The highest BCUT2D eigenvalue weighted by Gasteiger charge is 2.24. The Kier molecular flexibility index (Phi) is 4.07. The van der Waals surface area contributed by atoms with E-state index in [0.717, 1.165) is 38.2 Å². The Bertz CT molecular complexity index is 457. The van der Waals surface area contributed by atoms with Crippen LogP contribution in [0.3, 0.4) is 0 Å². The fraction of sp³-hybridized carbons (Fsp3) is 0.600. The lowest BCUT2D eigenvalue weighted by Crippen LogP contribution is -2.20. The van der Waals surface area contributed by atoms with Gasteiger partial charge in [0.15, 0.2) is 11.6 Å². The molecule has 0 aromatic heterocycles. The fourth-order valence-corrected chi connectivity index (χ4v) is 2.66. The zero-order valence-electron chi connectivity index (χ0n) is 11.4. The van der Waals surface area contributed by atoms with Crippen LogP contribution in [0, 0.1) is 22.9 Å². The van der Waals surface area contributed by atoms with Gasteiger partial charge in [-0.05, 0) is 31.1 Å². The van der Waals surface area contributed by atoms with Gasteiger partial charge >= 0.3 is 0 Å². The summed E-state index contributed by atoms with van der Waals surface area (Å²) in [6.07, 6.45) is 5.12. The number of anilines is 1. The molecule has 0 amide bonds. The quantitative estimate of drug-likeness (QED) is 0.597. The number of rotatable bonds is 2. The van der Waals surface area contributed by atoms with Crippen LogP contribution in [-0.2, 0) is 0 Å². The van der Waals surface area contributed by atoms with Crippen LogP contribution in [-0.4, -0.2) is 6.04 Å². The maximum Gasteiger partial charge on any atom is 0.161 e. The molecule has 19 heavy (non-hydrogen) atoms. The van der Waals surface area contributed by atoms with E-state index in [1.807, 2.05) is 0 Å². The van der Waals surface area contributed by atoms with Crippen LogP contribution in [0.5, 0.6) is 0 Å². The van der Waals surface area contributed by atoms with Crippen molar-refractivity contribution in [1.82, 2.24) is 0 Å². The lowest BCUT2D eigenvalue weighted by Gasteiger charge is -2.22. The molecule has 0 saturated heterocycles. The first-order valence-corrected chi connectivity index (χ1v) is 6.78.